The number of sulfonamides is 1. The molecule has 0 atom stereocenters. The third kappa shape index (κ3) is 3.28. The summed E-state index contributed by atoms with van der Waals surface area (Å²) >= 11 is 10.2. The van der Waals surface area contributed by atoms with Crippen LogP contribution < -0.4 is 4.72 Å². The summed E-state index contributed by atoms with van der Waals surface area (Å²) in [6.07, 6.45) is 1.56. The largest absolute Gasteiger partial charge is 0.272 e. The van der Waals surface area contributed by atoms with Crippen LogP contribution in [-0.2, 0) is 10.0 Å². The van der Waals surface area contributed by atoms with Gasteiger partial charge in [0.05, 0.1) is 4.34 Å². The smallest absolute Gasteiger partial charge is 0.263 e. The van der Waals surface area contributed by atoms with Gasteiger partial charge in [0, 0.05) is 10.7 Å². The van der Waals surface area contributed by atoms with Crippen LogP contribution >= 0.6 is 38.9 Å². The fourth-order valence-corrected chi connectivity index (χ4v) is 4.27. The van der Waals surface area contributed by atoms with Gasteiger partial charge in [-0.25, -0.2) is 13.4 Å². The Labute approximate surface area is 129 Å². The molecular formula is C11H10BrClN2O2S2. The van der Waals surface area contributed by atoms with Gasteiger partial charge in [-0.1, -0.05) is 11.6 Å². The van der Waals surface area contributed by atoms with Gasteiger partial charge in [0.25, 0.3) is 10.0 Å². The number of hydrogen-bond donors (Lipinski definition) is 1. The Kier molecular flexibility index (Phi) is 4.20. The molecular weight excluding hydrogens is 372 g/mol. The summed E-state index contributed by atoms with van der Waals surface area (Å²) in [6.45, 7) is 3.62. The van der Waals surface area contributed by atoms with Crippen molar-refractivity contribution in [3.05, 3.63) is 38.3 Å². The van der Waals surface area contributed by atoms with Gasteiger partial charge < -0.3 is 0 Å². The van der Waals surface area contributed by atoms with Crippen molar-refractivity contribution in [3.8, 4) is 0 Å². The molecule has 2 rings (SSSR count). The normalized spacial score (nSPS) is 11.6. The lowest BCUT2D eigenvalue weighted by atomic mass is 10.3. The molecule has 8 heteroatoms. The molecule has 0 aliphatic carbocycles. The van der Waals surface area contributed by atoms with Crippen LogP contribution in [0.3, 0.4) is 0 Å². The zero-order valence-corrected chi connectivity index (χ0v) is 14.0. The average Bonchev–Trinajstić information content (AvgIpc) is 2.65. The first-order valence-electron chi connectivity index (χ1n) is 5.20. The van der Waals surface area contributed by atoms with Crippen molar-refractivity contribution in [3.63, 3.8) is 0 Å². The zero-order chi connectivity index (χ0) is 14.2. The van der Waals surface area contributed by atoms with E-state index in [1.807, 2.05) is 6.92 Å². The highest BCUT2D eigenvalue weighted by molar-refractivity contribution is 9.10. The minimum atomic E-state index is -3.64. The number of hydrogen-bond acceptors (Lipinski definition) is 4. The number of halogens is 2. The highest BCUT2D eigenvalue weighted by Gasteiger charge is 2.19. The van der Waals surface area contributed by atoms with E-state index in [1.165, 1.54) is 0 Å². The van der Waals surface area contributed by atoms with Crippen LogP contribution in [0.2, 0.25) is 4.34 Å². The number of nitrogens with one attached hydrogen (secondary N) is 1. The molecule has 0 unspecified atom stereocenters. The molecule has 0 saturated heterocycles. The molecule has 19 heavy (non-hydrogen) atoms. The zero-order valence-electron chi connectivity index (χ0n) is 10.1. The minimum absolute atomic E-state index is 0.178. The number of rotatable bonds is 3. The first-order chi connectivity index (χ1) is 8.79. The van der Waals surface area contributed by atoms with Crippen LogP contribution in [0.4, 0.5) is 5.82 Å². The second-order valence-electron chi connectivity index (χ2n) is 3.95. The number of pyridine rings is 1. The van der Waals surface area contributed by atoms with Gasteiger partial charge in [-0.2, -0.15) is 0 Å². The molecule has 102 valence electrons. The quantitative estimate of drug-likeness (QED) is 0.875. The molecule has 0 fully saturated rings. The summed E-state index contributed by atoms with van der Waals surface area (Å²) < 4.78 is 28.2. The Morgan fingerprint density at radius 1 is 1.32 bits per heavy atom. The van der Waals surface area contributed by atoms with Crippen molar-refractivity contribution in [2.24, 2.45) is 0 Å². The predicted octanol–water partition coefficient (Wildman–Crippen LogP) is 3.98. The van der Waals surface area contributed by atoms with Gasteiger partial charge in [0.15, 0.2) is 0 Å². The first-order valence-corrected chi connectivity index (χ1v) is 8.67. The van der Waals surface area contributed by atoms with Crippen molar-refractivity contribution >= 4 is 54.7 Å². The number of anilines is 1. The highest BCUT2D eigenvalue weighted by atomic mass is 79.9. The Bertz CT molecular complexity index is 709. The lowest BCUT2D eigenvalue weighted by Gasteiger charge is -2.06. The number of thiophene rings is 1. The van der Waals surface area contributed by atoms with E-state index in [9.17, 15) is 8.42 Å². The summed E-state index contributed by atoms with van der Waals surface area (Å²) in [5.41, 5.74) is 1.64. The molecule has 0 radical (unpaired) electrons. The highest BCUT2D eigenvalue weighted by Crippen LogP contribution is 2.31. The maximum absolute atomic E-state index is 12.2. The molecule has 1 N–H and O–H groups in total. The van der Waals surface area contributed by atoms with Crippen LogP contribution in [0.15, 0.2) is 27.0 Å². The van der Waals surface area contributed by atoms with Crippen LogP contribution in [0.5, 0.6) is 0 Å². The van der Waals surface area contributed by atoms with E-state index in [0.717, 1.165) is 26.9 Å². The van der Waals surface area contributed by atoms with Crippen molar-refractivity contribution < 1.29 is 8.42 Å². The Morgan fingerprint density at radius 2 is 2.00 bits per heavy atom. The van der Waals surface area contributed by atoms with E-state index in [-0.39, 0.29) is 10.0 Å². The standard InChI is InChI=1S/C11H10BrClN2O2S2/c1-6-3-9(14-5-8(6)12)15-19(16,17)10-4-7(2)11(13)18-10/h3-5H,1-2H3,(H,14,15). The van der Waals surface area contributed by atoms with Crippen LogP contribution in [-0.4, -0.2) is 13.4 Å². The van der Waals surface area contributed by atoms with Crippen molar-refractivity contribution in [2.75, 3.05) is 4.72 Å². The molecule has 0 bridgehead atoms. The summed E-state index contributed by atoms with van der Waals surface area (Å²) in [5.74, 6) is 0.280. The van der Waals surface area contributed by atoms with E-state index >= 15 is 0 Å². The number of nitrogens with zero attached hydrogens (tertiary/aromatic N) is 1. The van der Waals surface area contributed by atoms with Crippen LogP contribution in [0, 0.1) is 13.8 Å². The number of aryl methyl sites for hydroxylation is 2. The van der Waals surface area contributed by atoms with E-state index in [1.54, 1.807) is 25.3 Å². The fourth-order valence-electron chi connectivity index (χ4n) is 1.35. The maximum atomic E-state index is 12.2. The second kappa shape index (κ2) is 5.40. The van der Waals surface area contributed by atoms with Gasteiger partial charge >= 0.3 is 0 Å². The molecule has 0 aliphatic rings. The monoisotopic (exact) mass is 380 g/mol. The first kappa shape index (κ1) is 14.8. The summed E-state index contributed by atoms with van der Waals surface area (Å²) in [7, 11) is -3.64. The van der Waals surface area contributed by atoms with Crippen molar-refractivity contribution in [2.45, 2.75) is 18.1 Å². The molecule has 0 amide bonds. The SMILES string of the molecule is Cc1cc(NS(=O)(=O)c2cc(C)c(Cl)s2)ncc1Br. The number of aromatic nitrogens is 1. The molecule has 2 aromatic rings. The predicted molar refractivity (Wildman–Crippen MR) is 81.5 cm³/mol. The summed E-state index contributed by atoms with van der Waals surface area (Å²) in [5, 5.41) is 0. The van der Waals surface area contributed by atoms with Gasteiger partial charge in [-0.05, 0) is 53.0 Å². The second-order valence-corrected chi connectivity index (χ2v) is 8.36. The third-order valence-electron chi connectivity index (χ3n) is 2.39. The van der Waals surface area contributed by atoms with Gasteiger partial charge in [0.2, 0.25) is 0 Å². The Balaban J connectivity index is 2.33. The average molecular weight is 382 g/mol. The van der Waals surface area contributed by atoms with Crippen molar-refractivity contribution in [1.82, 2.24) is 4.98 Å². The van der Waals surface area contributed by atoms with E-state index in [0.29, 0.717) is 4.34 Å². The van der Waals surface area contributed by atoms with Gasteiger partial charge in [-0.15, -0.1) is 11.3 Å². The molecule has 0 saturated carbocycles. The molecule has 0 aliphatic heterocycles. The maximum Gasteiger partial charge on any atom is 0.272 e. The van der Waals surface area contributed by atoms with Crippen LogP contribution in [0.1, 0.15) is 11.1 Å². The third-order valence-corrected chi connectivity index (χ3v) is 6.60. The molecule has 4 nitrogen and oxygen atoms in total. The van der Waals surface area contributed by atoms with Crippen LogP contribution in [0.25, 0.3) is 0 Å². The summed E-state index contributed by atoms with van der Waals surface area (Å²) in [4.78, 5) is 4.01. The Hall–Kier alpha value is -0.630. The minimum Gasteiger partial charge on any atom is -0.263 e. The van der Waals surface area contributed by atoms with Crippen molar-refractivity contribution in [1.29, 1.82) is 0 Å². The lowest BCUT2D eigenvalue weighted by molar-refractivity contribution is 0.603. The molecule has 2 aromatic heterocycles. The Morgan fingerprint density at radius 3 is 2.53 bits per heavy atom. The van der Waals surface area contributed by atoms with Gasteiger partial charge in [0.1, 0.15) is 10.0 Å². The molecule has 2 heterocycles. The molecule has 0 aromatic carbocycles. The topological polar surface area (TPSA) is 59.1 Å². The van der Waals surface area contributed by atoms with E-state index < -0.39 is 10.0 Å². The fraction of sp³-hybridized carbons (Fsp3) is 0.182. The van der Waals surface area contributed by atoms with E-state index in [4.69, 9.17) is 11.6 Å². The lowest BCUT2D eigenvalue weighted by Crippen LogP contribution is -2.12. The van der Waals surface area contributed by atoms with Gasteiger partial charge in [-0.3, -0.25) is 4.72 Å². The molecule has 0 spiro atoms. The summed E-state index contributed by atoms with van der Waals surface area (Å²) in [6, 6.07) is 3.20. The van der Waals surface area contributed by atoms with E-state index in [2.05, 4.69) is 25.6 Å².